The van der Waals surface area contributed by atoms with Crippen molar-refractivity contribution in [1.82, 2.24) is 10.4 Å². The molecule has 4 nitrogen and oxygen atoms in total. The number of rotatable bonds is 3. The Kier molecular flexibility index (Phi) is 3.91. The van der Waals surface area contributed by atoms with Crippen LogP contribution in [0.25, 0.3) is 0 Å². The number of aromatic nitrogens is 1. The minimum Gasteiger partial charge on any atom is -0.398 e. The number of nitrogen functional groups attached to an aromatic ring is 1. The van der Waals surface area contributed by atoms with E-state index in [2.05, 4.69) is 10.4 Å². The number of halogens is 3. The number of nitrogens with two attached hydrogens (primary N) is 2. The fourth-order valence-electron chi connectivity index (χ4n) is 2.02. The molecular weight excluding hydrogens is 269 g/mol. The van der Waals surface area contributed by atoms with Gasteiger partial charge in [-0.15, -0.1) is 0 Å². The second-order valence-corrected chi connectivity index (χ2v) is 4.19. The lowest BCUT2D eigenvalue weighted by Gasteiger charge is -2.22. The fraction of sp³-hybridized carbons (Fsp3) is 0.154. The lowest BCUT2D eigenvalue weighted by Crippen LogP contribution is -2.31. The number of nitrogens with zero attached hydrogens (tertiary/aromatic N) is 1. The standard InChI is InChI=1S/C13H13F3N4/c14-13(15,16)10-5-6-19-7-9(10)12(20-18)8-3-1-2-4-11(8)17/h1-7,12,20H,17-18H2. The molecule has 7 heteroatoms. The van der Waals surface area contributed by atoms with E-state index in [1.54, 1.807) is 24.3 Å². The highest BCUT2D eigenvalue weighted by Gasteiger charge is 2.35. The normalized spacial score (nSPS) is 13.2. The Balaban J connectivity index is 2.57. The molecular formula is C13H13F3N4. The highest BCUT2D eigenvalue weighted by atomic mass is 19.4. The molecule has 0 fully saturated rings. The van der Waals surface area contributed by atoms with Crippen LogP contribution in [0.3, 0.4) is 0 Å². The van der Waals surface area contributed by atoms with Crippen LogP contribution in [0.2, 0.25) is 0 Å². The van der Waals surface area contributed by atoms with Gasteiger partial charge in [-0.2, -0.15) is 13.2 Å². The van der Waals surface area contributed by atoms with Crippen molar-refractivity contribution in [2.45, 2.75) is 12.2 Å². The van der Waals surface area contributed by atoms with Gasteiger partial charge < -0.3 is 5.73 Å². The summed E-state index contributed by atoms with van der Waals surface area (Å²) in [6.07, 6.45) is -2.26. The van der Waals surface area contributed by atoms with Gasteiger partial charge in [0.05, 0.1) is 11.6 Å². The SMILES string of the molecule is NNC(c1ccccc1N)c1cnccc1C(F)(F)F. The first-order valence-corrected chi connectivity index (χ1v) is 5.76. The summed E-state index contributed by atoms with van der Waals surface area (Å²) in [5.41, 5.74) is 8.12. The maximum Gasteiger partial charge on any atom is 0.416 e. The smallest absolute Gasteiger partial charge is 0.398 e. The molecule has 0 spiro atoms. The van der Waals surface area contributed by atoms with Crippen molar-refractivity contribution in [3.63, 3.8) is 0 Å². The van der Waals surface area contributed by atoms with Gasteiger partial charge >= 0.3 is 6.18 Å². The van der Waals surface area contributed by atoms with E-state index in [9.17, 15) is 13.2 Å². The zero-order chi connectivity index (χ0) is 14.8. The van der Waals surface area contributed by atoms with Crippen LogP contribution in [0.5, 0.6) is 0 Å². The van der Waals surface area contributed by atoms with Crippen LogP contribution in [-0.4, -0.2) is 4.98 Å². The molecule has 0 saturated carbocycles. The van der Waals surface area contributed by atoms with Gasteiger partial charge in [0.15, 0.2) is 0 Å². The maximum atomic E-state index is 13.0. The molecule has 1 heterocycles. The second-order valence-electron chi connectivity index (χ2n) is 4.19. The lowest BCUT2D eigenvalue weighted by atomic mass is 9.95. The van der Waals surface area contributed by atoms with Crippen LogP contribution in [0.1, 0.15) is 22.7 Å². The topological polar surface area (TPSA) is 77.0 Å². The van der Waals surface area contributed by atoms with Crippen LogP contribution >= 0.6 is 0 Å². The summed E-state index contributed by atoms with van der Waals surface area (Å²) >= 11 is 0. The first-order valence-electron chi connectivity index (χ1n) is 5.76. The van der Waals surface area contributed by atoms with Gasteiger partial charge in [0.1, 0.15) is 0 Å². The molecule has 0 aliphatic heterocycles. The van der Waals surface area contributed by atoms with Gasteiger partial charge in [-0.25, -0.2) is 5.43 Å². The lowest BCUT2D eigenvalue weighted by molar-refractivity contribution is -0.138. The van der Waals surface area contributed by atoms with Crippen molar-refractivity contribution in [2.75, 3.05) is 5.73 Å². The Hall–Kier alpha value is -2.12. The van der Waals surface area contributed by atoms with E-state index < -0.39 is 17.8 Å². The number of nitrogens with one attached hydrogen (secondary N) is 1. The zero-order valence-corrected chi connectivity index (χ0v) is 10.4. The Morgan fingerprint density at radius 3 is 2.40 bits per heavy atom. The number of anilines is 1. The molecule has 106 valence electrons. The molecule has 0 amide bonds. The molecule has 20 heavy (non-hydrogen) atoms. The number of hydrazine groups is 1. The first-order chi connectivity index (χ1) is 9.45. The van der Waals surface area contributed by atoms with Crippen LogP contribution in [0, 0.1) is 0 Å². The minimum atomic E-state index is -4.49. The molecule has 0 bridgehead atoms. The average Bonchev–Trinajstić information content (AvgIpc) is 2.41. The predicted octanol–water partition coefficient (Wildman–Crippen LogP) is 2.24. The van der Waals surface area contributed by atoms with E-state index in [0.717, 1.165) is 18.5 Å². The van der Waals surface area contributed by atoms with Crippen molar-refractivity contribution in [3.05, 3.63) is 59.4 Å². The first kappa shape index (κ1) is 14.3. The summed E-state index contributed by atoms with van der Waals surface area (Å²) in [6.45, 7) is 0. The van der Waals surface area contributed by atoms with Gasteiger partial charge in [-0.3, -0.25) is 10.8 Å². The Bertz CT molecular complexity index is 598. The monoisotopic (exact) mass is 282 g/mol. The van der Waals surface area contributed by atoms with Gasteiger partial charge in [-0.05, 0) is 17.7 Å². The summed E-state index contributed by atoms with van der Waals surface area (Å²) in [6, 6.07) is 6.62. The van der Waals surface area contributed by atoms with E-state index in [0.29, 0.717) is 11.3 Å². The van der Waals surface area contributed by atoms with Crippen LogP contribution in [-0.2, 0) is 6.18 Å². The van der Waals surface area contributed by atoms with Crippen molar-refractivity contribution in [3.8, 4) is 0 Å². The highest BCUT2D eigenvalue weighted by Crippen LogP contribution is 2.36. The average molecular weight is 282 g/mol. The number of hydrogen-bond acceptors (Lipinski definition) is 4. The Morgan fingerprint density at radius 1 is 1.10 bits per heavy atom. The summed E-state index contributed by atoms with van der Waals surface area (Å²) in [4.78, 5) is 3.75. The summed E-state index contributed by atoms with van der Waals surface area (Å²) in [5.74, 6) is 5.42. The summed E-state index contributed by atoms with van der Waals surface area (Å²) < 4.78 is 39.1. The maximum absolute atomic E-state index is 13.0. The van der Waals surface area contributed by atoms with Crippen LogP contribution in [0.15, 0.2) is 42.7 Å². The van der Waals surface area contributed by atoms with Crippen molar-refractivity contribution >= 4 is 5.69 Å². The summed E-state index contributed by atoms with van der Waals surface area (Å²) in [7, 11) is 0. The van der Waals surface area contributed by atoms with Gasteiger partial charge in [-0.1, -0.05) is 18.2 Å². The molecule has 0 aliphatic carbocycles. The molecule has 0 saturated heterocycles. The molecule has 5 N–H and O–H groups in total. The molecule has 0 aliphatic rings. The van der Waals surface area contributed by atoms with E-state index in [1.165, 1.54) is 0 Å². The molecule has 1 aromatic carbocycles. The molecule has 2 aromatic rings. The molecule has 0 radical (unpaired) electrons. The largest absolute Gasteiger partial charge is 0.416 e. The number of hydrogen-bond donors (Lipinski definition) is 3. The Labute approximate surface area is 113 Å². The zero-order valence-electron chi connectivity index (χ0n) is 10.4. The van der Waals surface area contributed by atoms with Crippen LogP contribution < -0.4 is 17.0 Å². The Morgan fingerprint density at radius 2 is 1.80 bits per heavy atom. The third kappa shape index (κ3) is 2.73. The van der Waals surface area contributed by atoms with Crippen molar-refractivity contribution in [2.24, 2.45) is 5.84 Å². The van der Waals surface area contributed by atoms with E-state index in [4.69, 9.17) is 11.6 Å². The number of benzene rings is 1. The highest BCUT2D eigenvalue weighted by molar-refractivity contribution is 5.52. The third-order valence-electron chi connectivity index (χ3n) is 2.94. The molecule has 1 unspecified atom stereocenters. The van der Waals surface area contributed by atoms with Gasteiger partial charge in [0, 0.05) is 23.6 Å². The van der Waals surface area contributed by atoms with E-state index in [1.807, 2.05) is 0 Å². The number of pyridine rings is 1. The van der Waals surface area contributed by atoms with Crippen molar-refractivity contribution < 1.29 is 13.2 Å². The minimum absolute atomic E-state index is 0.0691. The molecule has 2 rings (SSSR count). The second kappa shape index (κ2) is 5.48. The predicted molar refractivity (Wildman–Crippen MR) is 69.3 cm³/mol. The van der Waals surface area contributed by atoms with Gasteiger partial charge in [0.2, 0.25) is 0 Å². The third-order valence-corrected chi connectivity index (χ3v) is 2.94. The van der Waals surface area contributed by atoms with Gasteiger partial charge in [0.25, 0.3) is 0 Å². The van der Waals surface area contributed by atoms with E-state index in [-0.39, 0.29) is 5.56 Å². The molecule has 1 aromatic heterocycles. The quantitative estimate of drug-likeness (QED) is 0.458. The van der Waals surface area contributed by atoms with E-state index >= 15 is 0 Å². The fourth-order valence-corrected chi connectivity index (χ4v) is 2.02. The number of para-hydroxylation sites is 1. The molecule has 1 atom stereocenters. The van der Waals surface area contributed by atoms with Crippen molar-refractivity contribution in [1.29, 1.82) is 0 Å². The number of alkyl halides is 3. The summed E-state index contributed by atoms with van der Waals surface area (Å²) in [5, 5.41) is 0. The van der Waals surface area contributed by atoms with Crippen LogP contribution in [0.4, 0.5) is 18.9 Å².